The number of hydrogen-bond donors (Lipinski definition) is 4. The highest BCUT2D eigenvalue weighted by Gasteiger charge is 2.51. The number of carboxylic acids is 2. The van der Waals surface area contributed by atoms with E-state index in [9.17, 15) is 33.0 Å². The number of amides is 1. The van der Waals surface area contributed by atoms with Crippen LogP contribution in [0.2, 0.25) is 0 Å². The molecular formula is C25H38N4O7S. The number of carbonyl (C=O) groups is 3. The molecule has 2 heterocycles. The van der Waals surface area contributed by atoms with Crippen molar-refractivity contribution in [2.75, 3.05) is 32.4 Å². The van der Waals surface area contributed by atoms with Crippen LogP contribution in [0.3, 0.4) is 0 Å². The molecule has 206 valence electrons. The van der Waals surface area contributed by atoms with Gasteiger partial charge in [0.15, 0.2) is 0 Å². The van der Waals surface area contributed by atoms with Crippen LogP contribution in [-0.4, -0.2) is 96.2 Å². The van der Waals surface area contributed by atoms with Gasteiger partial charge in [0.2, 0.25) is 15.9 Å². The van der Waals surface area contributed by atoms with Gasteiger partial charge in [-0.3, -0.25) is 9.59 Å². The number of nitrogens with zero attached hydrogens (tertiary/aromatic N) is 2. The number of likely N-dealkylation sites (tertiary alicyclic amines) is 1. The van der Waals surface area contributed by atoms with Gasteiger partial charge in [-0.05, 0) is 56.7 Å². The summed E-state index contributed by atoms with van der Waals surface area (Å²) in [4.78, 5) is 39.2. The van der Waals surface area contributed by atoms with E-state index < -0.39 is 46.0 Å². The third kappa shape index (κ3) is 7.28. The minimum atomic E-state index is -3.48. The Kier molecular flexibility index (Phi) is 10.0. The zero-order valence-electron chi connectivity index (χ0n) is 21.2. The summed E-state index contributed by atoms with van der Waals surface area (Å²) in [6.07, 6.45) is 3.87. The van der Waals surface area contributed by atoms with Crippen LogP contribution < -0.4 is 11.1 Å². The maximum absolute atomic E-state index is 13.8. The second-order valence-electron chi connectivity index (χ2n) is 9.95. The minimum absolute atomic E-state index is 0.0731. The Bertz CT molecular complexity index is 1050. The standard InChI is InChI=1S/C25H38N4O7S/c1-37(35,36)28-14-11-18-15-21(25(33)34)29(22(18)16-28)23(30)20(9-5-6-12-26)27-13-10-19(24(31)32)17-7-3-2-4-8-17/h2-4,7-8,18-22,27H,5-6,9-16,26H2,1H3,(H,31,32)(H,33,34)/t18?,19?,20-,21?,22?/m0/s1. The van der Waals surface area contributed by atoms with Crippen LogP contribution in [0.15, 0.2) is 30.3 Å². The van der Waals surface area contributed by atoms with Crippen molar-refractivity contribution in [2.24, 2.45) is 11.7 Å². The van der Waals surface area contributed by atoms with Crippen molar-refractivity contribution in [1.29, 1.82) is 0 Å². The molecule has 0 radical (unpaired) electrons. The van der Waals surface area contributed by atoms with Crippen LogP contribution in [0.1, 0.15) is 50.0 Å². The zero-order valence-corrected chi connectivity index (χ0v) is 22.0. The summed E-state index contributed by atoms with van der Waals surface area (Å²) in [6, 6.07) is 6.58. The Balaban J connectivity index is 1.78. The SMILES string of the molecule is CS(=O)(=O)N1CCC2CC(C(=O)O)N(C(=O)[C@H](CCCCN)NCCC(C(=O)O)c3ccccc3)C2C1. The van der Waals surface area contributed by atoms with Gasteiger partial charge in [0.1, 0.15) is 6.04 Å². The molecule has 0 aromatic heterocycles. The van der Waals surface area contributed by atoms with Gasteiger partial charge in [0.05, 0.1) is 18.2 Å². The van der Waals surface area contributed by atoms with Crippen molar-refractivity contribution in [3.63, 3.8) is 0 Å². The maximum atomic E-state index is 13.8. The summed E-state index contributed by atoms with van der Waals surface area (Å²) < 4.78 is 25.7. The number of unbranched alkanes of at least 4 members (excludes halogenated alkanes) is 1. The van der Waals surface area contributed by atoms with Crippen molar-refractivity contribution in [3.8, 4) is 0 Å². The van der Waals surface area contributed by atoms with Crippen LogP contribution in [0.25, 0.3) is 0 Å². The van der Waals surface area contributed by atoms with E-state index in [0.29, 0.717) is 44.3 Å². The lowest BCUT2D eigenvalue weighted by molar-refractivity contribution is -0.151. The van der Waals surface area contributed by atoms with E-state index in [0.717, 1.165) is 6.26 Å². The molecule has 0 aliphatic carbocycles. The van der Waals surface area contributed by atoms with Gasteiger partial charge in [-0.1, -0.05) is 36.8 Å². The molecule has 37 heavy (non-hydrogen) atoms. The summed E-state index contributed by atoms with van der Waals surface area (Å²) in [7, 11) is -3.48. The van der Waals surface area contributed by atoms with Crippen LogP contribution in [-0.2, 0) is 24.4 Å². The monoisotopic (exact) mass is 538 g/mol. The topological polar surface area (TPSA) is 170 Å². The van der Waals surface area contributed by atoms with E-state index in [1.165, 1.54) is 9.21 Å². The number of piperidine rings is 1. The van der Waals surface area contributed by atoms with E-state index >= 15 is 0 Å². The van der Waals surface area contributed by atoms with Crippen molar-refractivity contribution in [3.05, 3.63) is 35.9 Å². The third-order valence-electron chi connectivity index (χ3n) is 7.48. The highest BCUT2D eigenvalue weighted by atomic mass is 32.2. The number of nitrogens with one attached hydrogen (secondary N) is 1. The molecule has 2 aliphatic heterocycles. The molecule has 0 bridgehead atoms. The molecule has 2 saturated heterocycles. The molecule has 1 aromatic rings. The number of carboxylic acid groups (broad SMARTS) is 2. The Hall–Kier alpha value is -2.54. The van der Waals surface area contributed by atoms with E-state index in [1.54, 1.807) is 24.3 Å². The van der Waals surface area contributed by atoms with E-state index in [1.807, 2.05) is 6.07 Å². The molecule has 5 atom stereocenters. The summed E-state index contributed by atoms with van der Waals surface area (Å²) >= 11 is 0. The lowest BCUT2D eigenvalue weighted by atomic mass is 9.92. The highest BCUT2D eigenvalue weighted by molar-refractivity contribution is 7.88. The van der Waals surface area contributed by atoms with Crippen LogP contribution >= 0.6 is 0 Å². The normalized spacial score (nSPS) is 23.8. The summed E-state index contributed by atoms with van der Waals surface area (Å²) in [5.41, 5.74) is 6.30. The molecule has 11 nitrogen and oxygen atoms in total. The van der Waals surface area contributed by atoms with Gasteiger partial charge >= 0.3 is 11.9 Å². The van der Waals surface area contributed by atoms with Crippen LogP contribution in [0, 0.1) is 5.92 Å². The lowest BCUT2D eigenvalue weighted by Crippen LogP contribution is -2.57. The predicted octanol–water partition coefficient (Wildman–Crippen LogP) is 0.668. The van der Waals surface area contributed by atoms with Gasteiger partial charge in [-0.15, -0.1) is 0 Å². The predicted molar refractivity (Wildman–Crippen MR) is 137 cm³/mol. The minimum Gasteiger partial charge on any atom is -0.481 e. The number of hydrogen-bond acceptors (Lipinski definition) is 7. The van der Waals surface area contributed by atoms with Crippen LogP contribution in [0.4, 0.5) is 0 Å². The number of rotatable bonds is 13. The molecule has 1 aromatic carbocycles. The van der Waals surface area contributed by atoms with E-state index in [-0.39, 0.29) is 37.8 Å². The number of nitrogens with two attached hydrogens (primary N) is 1. The smallest absolute Gasteiger partial charge is 0.326 e. The first-order valence-corrected chi connectivity index (χ1v) is 14.6. The fraction of sp³-hybridized carbons (Fsp3) is 0.640. The first-order chi connectivity index (χ1) is 17.5. The first-order valence-electron chi connectivity index (χ1n) is 12.8. The van der Waals surface area contributed by atoms with Gasteiger partial charge in [0, 0.05) is 19.1 Å². The number of fused-ring (bicyclic) bond motifs is 1. The third-order valence-corrected chi connectivity index (χ3v) is 8.75. The van der Waals surface area contributed by atoms with Crippen molar-refractivity contribution < 1.29 is 33.0 Å². The number of aliphatic carboxylic acids is 2. The summed E-state index contributed by atoms with van der Waals surface area (Å²) in [5, 5.41) is 22.8. The number of carbonyl (C=O) groups excluding carboxylic acids is 1. The number of benzene rings is 1. The Morgan fingerprint density at radius 1 is 1.14 bits per heavy atom. The second kappa shape index (κ2) is 12.8. The molecule has 12 heteroatoms. The molecule has 0 saturated carbocycles. The molecule has 4 unspecified atom stereocenters. The van der Waals surface area contributed by atoms with Gasteiger partial charge in [0.25, 0.3) is 0 Å². The van der Waals surface area contributed by atoms with E-state index in [4.69, 9.17) is 5.73 Å². The Morgan fingerprint density at radius 2 is 1.84 bits per heavy atom. The average molecular weight is 539 g/mol. The van der Waals surface area contributed by atoms with E-state index in [2.05, 4.69) is 5.32 Å². The molecule has 5 N–H and O–H groups in total. The lowest BCUT2D eigenvalue weighted by Gasteiger charge is -2.39. The first kappa shape index (κ1) is 29.0. The van der Waals surface area contributed by atoms with Gasteiger partial charge in [-0.25, -0.2) is 17.5 Å². The Labute approximate surface area is 218 Å². The van der Waals surface area contributed by atoms with Crippen molar-refractivity contribution in [2.45, 2.75) is 62.6 Å². The zero-order chi connectivity index (χ0) is 27.2. The fourth-order valence-corrected chi connectivity index (χ4v) is 6.38. The summed E-state index contributed by atoms with van der Waals surface area (Å²) in [5.74, 6) is -3.31. The summed E-state index contributed by atoms with van der Waals surface area (Å²) in [6.45, 7) is 1.07. The van der Waals surface area contributed by atoms with Crippen molar-refractivity contribution in [1.82, 2.24) is 14.5 Å². The molecule has 0 spiro atoms. The molecule has 2 aliphatic rings. The molecule has 1 amide bonds. The molecular weight excluding hydrogens is 500 g/mol. The van der Waals surface area contributed by atoms with Crippen molar-refractivity contribution >= 4 is 27.9 Å². The Morgan fingerprint density at radius 3 is 2.43 bits per heavy atom. The van der Waals surface area contributed by atoms with Gasteiger partial charge < -0.3 is 26.2 Å². The van der Waals surface area contributed by atoms with Crippen LogP contribution in [0.5, 0.6) is 0 Å². The quantitative estimate of drug-likeness (QED) is 0.264. The second-order valence-corrected chi connectivity index (χ2v) is 11.9. The molecule has 2 fully saturated rings. The van der Waals surface area contributed by atoms with Gasteiger partial charge in [-0.2, -0.15) is 0 Å². The largest absolute Gasteiger partial charge is 0.481 e. The average Bonchev–Trinajstić information content (AvgIpc) is 3.24. The fourth-order valence-electron chi connectivity index (χ4n) is 5.52. The molecule has 3 rings (SSSR count). The number of sulfonamides is 1. The highest BCUT2D eigenvalue weighted by Crippen LogP contribution is 2.37. The maximum Gasteiger partial charge on any atom is 0.326 e.